The summed E-state index contributed by atoms with van der Waals surface area (Å²) in [7, 11) is -3.84. The molecule has 1 aromatic carbocycles. The maximum Gasteiger partial charge on any atom is 0.303 e. The van der Waals surface area contributed by atoms with Crippen molar-refractivity contribution in [2.45, 2.75) is 38.7 Å². The second-order valence-electron chi connectivity index (χ2n) is 5.97. The first-order valence-corrected chi connectivity index (χ1v) is 9.29. The third-order valence-electron chi connectivity index (χ3n) is 3.59. The summed E-state index contributed by atoms with van der Waals surface area (Å²) < 4.78 is 33.5. The molecular weight excluding hydrogens is 340 g/mol. The first-order valence-electron chi connectivity index (χ1n) is 7.48. The maximum absolute atomic E-state index is 12.3. The Morgan fingerprint density at radius 1 is 1.26 bits per heavy atom. The van der Waals surface area contributed by atoms with Gasteiger partial charge in [0.2, 0.25) is 0 Å². The van der Waals surface area contributed by atoms with Crippen LogP contribution >= 0.6 is 11.6 Å². The number of ether oxygens (including phenoxy) is 1. The number of hydrogen-bond acceptors (Lipinski definition) is 4. The summed E-state index contributed by atoms with van der Waals surface area (Å²) in [5.74, 6) is -0.323. The number of piperidine rings is 1. The van der Waals surface area contributed by atoms with E-state index in [-0.39, 0.29) is 0 Å². The molecule has 23 heavy (non-hydrogen) atoms. The summed E-state index contributed by atoms with van der Waals surface area (Å²) in [5, 5.41) is 0.472. The molecule has 2 rings (SSSR count). The van der Waals surface area contributed by atoms with Crippen LogP contribution in [0.25, 0.3) is 0 Å². The number of nitrogens with zero attached hydrogens (tertiary/aromatic N) is 1. The van der Waals surface area contributed by atoms with Crippen LogP contribution in [0.4, 0.5) is 0 Å². The fourth-order valence-electron chi connectivity index (χ4n) is 2.28. The van der Waals surface area contributed by atoms with Gasteiger partial charge in [0, 0.05) is 18.1 Å². The largest absolute Gasteiger partial charge is 0.478 e. The van der Waals surface area contributed by atoms with Crippen LogP contribution in [0.5, 0.6) is 5.75 Å². The highest BCUT2D eigenvalue weighted by atomic mass is 35.5. The average Bonchev–Trinajstić information content (AvgIpc) is 2.47. The van der Waals surface area contributed by atoms with E-state index in [1.165, 1.54) is 18.2 Å². The van der Waals surface area contributed by atoms with Crippen molar-refractivity contribution in [3.05, 3.63) is 29.3 Å². The Morgan fingerprint density at radius 3 is 2.52 bits per heavy atom. The van der Waals surface area contributed by atoms with E-state index in [2.05, 4.69) is 4.72 Å². The van der Waals surface area contributed by atoms with Gasteiger partial charge in [-0.05, 0) is 44.9 Å². The second kappa shape index (κ2) is 7.07. The van der Waals surface area contributed by atoms with Crippen LogP contribution < -0.4 is 9.46 Å². The lowest BCUT2D eigenvalue weighted by atomic mass is 10.1. The minimum atomic E-state index is -3.84. The molecule has 0 aromatic heterocycles. The third kappa shape index (κ3) is 4.83. The fourth-order valence-corrected chi connectivity index (χ4v) is 3.81. The molecule has 1 aliphatic rings. The molecular formula is C15H21ClN2O4S. The van der Waals surface area contributed by atoms with Crippen molar-refractivity contribution in [2.75, 3.05) is 13.1 Å². The normalized spacial score (nSPS) is 16.8. The van der Waals surface area contributed by atoms with Gasteiger partial charge < -0.3 is 4.74 Å². The summed E-state index contributed by atoms with van der Waals surface area (Å²) in [6.07, 6.45) is 2.61. The van der Waals surface area contributed by atoms with Crippen molar-refractivity contribution < 1.29 is 17.9 Å². The summed E-state index contributed by atoms with van der Waals surface area (Å²) in [4.78, 5) is 12.3. The molecule has 8 heteroatoms. The van der Waals surface area contributed by atoms with Crippen LogP contribution in [-0.4, -0.2) is 37.3 Å². The van der Waals surface area contributed by atoms with E-state index in [0.717, 1.165) is 19.3 Å². The molecule has 0 atom stereocenters. The molecule has 1 amide bonds. The number of carbonyl (C=O) groups is 1. The first-order chi connectivity index (χ1) is 10.7. The van der Waals surface area contributed by atoms with Gasteiger partial charge in [-0.2, -0.15) is 12.7 Å². The second-order valence-corrected chi connectivity index (χ2v) is 8.07. The van der Waals surface area contributed by atoms with Gasteiger partial charge in [-0.25, -0.2) is 4.72 Å². The smallest absolute Gasteiger partial charge is 0.303 e. The summed E-state index contributed by atoms with van der Waals surface area (Å²) in [5.41, 5.74) is -1.35. The quantitative estimate of drug-likeness (QED) is 0.874. The zero-order valence-electron chi connectivity index (χ0n) is 13.2. The van der Waals surface area contributed by atoms with Gasteiger partial charge in [-0.15, -0.1) is 0 Å². The molecule has 1 N–H and O–H groups in total. The van der Waals surface area contributed by atoms with Gasteiger partial charge in [0.15, 0.2) is 5.60 Å². The number of nitrogens with one attached hydrogen (secondary N) is 1. The van der Waals surface area contributed by atoms with E-state index >= 15 is 0 Å². The Morgan fingerprint density at radius 2 is 1.91 bits per heavy atom. The molecule has 1 saturated heterocycles. The maximum atomic E-state index is 12.3. The average molecular weight is 361 g/mol. The van der Waals surface area contributed by atoms with Gasteiger partial charge in [-0.3, -0.25) is 4.79 Å². The number of halogens is 1. The molecule has 1 aliphatic heterocycles. The van der Waals surface area contributed by atoms with Crippen molar-refractivity contribution in [3.63, 3.8) is 0 Å². The molecule has 1 fully saturated rings. The highest BCUT2D eigenvalue weighted by Crippen LogP contribution is 2.22. The van der Waals surface area contributed by atoms with Crippen LogP contribution in [0, 0.1) is 0 Å². The monoisotopic (exact) mass is 360 g/mol. The van der Waals surface area contributed by atoms with Crippen molar-refractivity contribution in [2.24, 2.45) is 0 Å². The standard InChI is InChI=1S/C15H21ClN2O4S/c1-15(2,22-13-8-6-7-12(16)11-13)14(19)17-23(20,21)18-9-4-3-5-10-18/h6-8,11H,3-5,9-10H2,1-2H3,(H,17,19). The first kappa shape index (κ1) is 18.0. The molecule has 0 bridgehead atoms. The van der Waals surface area contributed by atoms with Crippen LogP contribution in [-0.2, 0) is 15.0 Å². The Hall–Kier alpha value is -1.31. The van der Waals surface area contributed by atoms with Crippen molar-refractivity contribution in [3.8, 4) is 5.75 Å². The summed E-state index contributed by atoms with van der Waals surface area (Å²) in [6, 6.07) is 6.59. The Bertz CT molecular complexity index is 670. The van der Waals surface area contributed by atoms with E-state index in [1.54, 1.807) is 24.3 Å². The SMILES string of the molecule is CC(C)(Oc1cccc(Cl)c1)C(=O)NS(=O)(=O)N1CCCCC1. The fraction of sp³-hybridized carbons (Fsp3) is 0.533. The lowest BCUT2D eigenvalue weighted by molar-refractivity contribution is -0.132. The van der Waals surface area contributed by atoms with Crippen LogP contribution in [0.15, 0.2) is 24.3 Å². The van der Waals surface area contributed by atoms with Crippen molar-refractivity contribution in [1.82, 2.24) is 9.03 Å². The van der Waals surface area contributed by atoms with Gasteiger partial charge in [0.05, 0.1) is 0 Å². The molecule has 6 nitrogen and oxygen atoms in total. The Labute approximate surface area is 141 Å². The van der Waals surface area contributed by atoms with Crippen LogP contribution in [0.3, 0.4) is 0 Å². The summed E-state index contributed by atoms with van der Waals surface area (Å²) in [6.45, 7) is 3.88. The zero-order valence-corrected chi connectivity index (χ0v) is 14.8. The number of rotatable bonds is 5. The predicted molar refractivity (Wildman–Crippen MR) is 88.6 cm³/mol. The molecule has 0 spiro atoms. The zero-order chi connectivity index (χ0) is 17.1. The lowest BCUT2D eigenvalue weighted by Gasteiger charge is -2.29. The minimum Gasteiger partial charge on any atom is -0.478 e. The van der Waals surface area contributed by atoms with Crippen LogP contribution in [0.2, 0.25) is 5.02 Å². The van der Waals surface area contributed by atoms with E-state index in [4.69, 9.17) is 16.3 Å². The molecule has 0 radical (unpaired) electrons. The van der Waals surface area contributed by atoms with E-state index in [9.17, 15) is 13.2 Å². The third-order valence-corrected chi connectivity index (χ3v) is 5.32. The van der Waals surface area contributed by atoms with Crippen LogP contribution in [0.1, 0.15) is 33.1 Å². The molecule has 0 saturated carbocycles. The lowest BCUT2D eigenvalue weighted by Crippen LogP contribution is -2.53. The Kier molecular flexibility index (Phi) is 5.54. The Balaban J connectivity index is 2.05. The molecule has 128 valence electrons. The number of hydrogen-bond donors (Lipinski definition) is 1. The number of carbonyl (C=O) groups excluding carboxylic acids is 1. The highest BCUT2D eigenvalue weighted by molar-refractivity contribution is 7.87. The molecule has 1 aromatic rings. The van der Waals surface area contributed by atoms with Gasteiger partial charge in [0.1, 0.15) is 5.75 Å². The summed E-state index contributed by atoms with van der Waals surface area (Å²) >= 11 is 5.88. The van der Waals surface area contributed by atoms with Gasteiger partial charge >= 0.3 is 10.2 Å². The topological polar surface area (TPSA) is 75.7 Å². The number of benzene rings is 1. The number of amides is 1. The molecule has 1 heterocycles. The molecule has 0 unspecified atom stereocenters. The van der Waals surface area contributed by atoms with Gasteiger partial charge in [-0.1, -0.05) is 24.1 Å². The highest BCUT2D eigenvalue weighted by Gasteiger charge is 2.35. The van der Waals surface area contributed by atoms with E-state index < -0.39 is 21.7 Å². The molecule has 0 aliphatic carbocycles. The van der Waals surface area contributed by atoms with Crippen molar-refractivity contribution >= 4 is 27.7 Å². The van der Waals surface area contributed by atoms with Gasteiger partial charge in [0.25, 0.3) is 5.91 Å². The predicted octanol–water partition coefficient (Wildman–Crippen LogP) is 2.34. The van der Waals surface area contributed by atoms with E-state index in [0.29, 0.717) is 23.9 Å². The van der Waals surface area contributed by atoms with Crippen molar-refractivity contribution in [1.29, 1.82) is 0 Å². The minimum absolute atomic E-state index is 0.396. The van der Waals surface area contributed by atoms with E-state index in [1.807, 2.05) is 0 Å².